The standard InChI is InChI=1S/C31H22N2/c1-4-13-28-24(10-1)25-11-2-5-14-29(25)32(28)22-8-7-9-23(19-22)33-30-15-6-3-12-26(30)27-17-20-16-21(20)18-31(27)33/h1-15,17-21H,16H2. The molecule has 6 aromatic rings. The fourth-order valence-electron chi connectivity index (χ4n) is 5.91. The lowest BCUT2D eigenvalue weighted by atomic mass is 10.1. The van der Waals surface area contributed by atoms with Crippen molar-refractivity contribution in [2.24, 2.45) is 11.8 Å². The van der Waals surface area contributed by atoms with E-state index in [4.69, 9.17) is 0 Å². The van der Waals surface area contributed by atoms with Crippen LogP contribution in [0.4, 0.5) is 0 Å². The highest BCUT2D eigenvalue weighted by molar-refractivity contribution is 6.09. The number of fused-ring (bicyclic) bond motifs is 7. The molecule has 4 aromatic carbocycles. The summed E-state index contributed by atoms with van der Waals surface area (Å²) in [5.74, 6) is 1.45. The van der Waals surface area contributed by atoms with Crippen LogP contribution >= 0.6 is 0 Å². The van der Waals surface area contributed by atoms with E-state index < -0.39 is 0 Å². The van der Waals surface area contributed by atoms with E-state index in [1.165, 1.54) is 61.1 Å². The number of aromatic nitrogens is 2. The first-order valence-corrected chi connectivity index (χ1v) is 11.8. The molecular weight excluding hydrogens is 400 g/mol. The van der Waals surface area contributed by atoms with E-state index in [-0.39, 0.29) is 0 Å². The number of nitrogens with zero attached hydrogens (tertiary/aromatic N) is 2. The first-order valence-electron chi connectivity index (χ1n) is 11.8. The normalized spacial score (nSPS) is 18.7. The van der Waals surface area contributed by atoms with Crippen LogP contribution in [0.5, 0.6) is 0 Å². The third-order valence-corrected chi connectivity index (χ3v) is 7.52. The summed E-state index contributed by atoms with van der Waals surface area (Å²) in [6.45, 7) is 0. The van der Waals surface area contributed by atoms with Crippen molar-refractivity contribution in [2.45, 2.75) is 6.42 Å². The van der Waals surface area contributed by atoms with E-state index >= 15 is 0 Å². The van der Waals surface area contributed by atoms with E-state index in [1.807, 2.05) is 0 Å². The Morgan fingerprint density at radius 2 is 1.06 bits per heavy atom. The van der Waals surface area contributed by atoms with Gasteiger partial charge < -0.3 is 9.13 Å². The SMILES string of the molecule is C1=c2c(n(-c3cccc(-n4c5ccccc5c5ccccc54)c3)c3ccccc23)=CC2CC12. The predicted octanol–water partition coefficient (Wildman–Crippen LogP) is 5.94. The molecule has 2 aromatic heterocycles. The van der Waals surface area contributed by atoms with Gasteiger partial charge in [-0.2, -0.15) is 0 Å². The molecule has 8 rings (SSSR count). The number of para-hydroxylation sites is 3. The summed E-state index contributed by atoms with van der Waals surface area (Å²) >= 11 is 0. The highest BCUT2D eigenvalue weighted by Gasteiger charge is 2.35. The Morgan fingerprint density at radius 3 is 1.76 bits per heavy atom. The van der Waals surface area contributed by atoms with Gasteiger partial charge in [0.1, 0.15) is 0 Å². The van der Waals surface area contributed by atoms with Crippen molar-refractivity contribution in [1.82, 2.24) is 9.13 Å². The van der Waals surface area contributed by atoms with Crippen LogP contribution in [0, 0.1) is 11.8 Å². The summed E-state index contributed by atoms with van der Waals surface area (Å²) in [6.07, 6.45) is 6.31. The van der Waals surface area contributed by atoms with Gasteiger partial charge in [0.2, 0.25) is 0 Å². The molecular formula is C31H22N2. The second kappa shape index (κ2) is 6.26. The van der Waals surface area contributed by atoms with Gasteiger partial charge in [-0.25, -0.2) is 0 Å². The topological polar surface area (TPSA) is 9.86 Å². The van der Waals surface area contributed by atoms with E-state index in [1.54, 1.807) is 0 Å². The van der Waals surface area contributed by atoms with E-state index in [0.29, 0.717) is 5.92 Å². The van der Waals surface area contributed by atoms with Gasteiger partial charge in [-0.1, -0.05) is 72.8 Å². The van der Waals surface area contributed by atoms with Crippen LogP contribution in [0.3, 0.4) is 0 Å². The van der Waals surface area contributed by atoms with Gasteiger partial charge in [0.05, 0.1) is 21.9 Å². The van der Waals surface area contributed by atoms with Crippen molar-refractivity contribution < 1.29 is 0 Å². The van der Waals surface area contributed by atoms with Crippen molar-refractivity contribution in [3.05, 3.63) is 108 Å². The van der Waals surface area contributed by atoms with Crippen LogP contribution in [-0.2, 0) is 0 Å². The first-order chi connectivity index (χ1) is 16.4. The maximum Gasteiger partial charge on any atom is 0.0541 e. The molecule has 1 saturated carbocycles. The fourth-order valence-corrected chi connectivity index (χ4v) is 5.91. The van der Waals surface area contributed by atoms with Crippen molar-refractivity contribution in [3.63, 3.8) is 0 Å². The van der Waals surface area contributed by atoms with Gasteiger partial charge in [0, 0.05) is 32.8 Å². The Bertz CT molecular complexity index is 1810. The average Bonchev–Trinajstić information content (AvgIpc) is 3.45. The Kier molecular flexibility index (Phi) is 3.32. The maximum absolute atomic E-state index is 2.51. The van der Waals surface area contributed by atoms with Crippen LogP contribution in [0.15, 0.2) is 97.1 Å². The van der Waals surface area contributed by atoms with Crippen molar-refractivity contribution in [2.75, 3.05) is 0 Å². The number of hydrogen-bond acceptors (Lipinski definition) is 0. The van der Waals surface area contributed by atoms with Gasteiger partial charge in [-0.3, -0.25) is 0 Å². The first kappa shape index (κ1) is 17.5. The molecule has 0 aliphatic heterocycles. The molecule has 156 valence electrons. The van der Waals surface area contributed by atoms with Crippen molar-refractivity contribution >= 4 is 44.9 Å². The smallest absolute Gasteiger partial charge is 0.0541 e. The minimum absolute atomic E-state index is 0.709. The molecule has 0 bridgehead atoms. The summed E-state index contributed by atoms with van der Waals surface area (Å²) in [6, 6.07) is 35.3. The van der Waals surface area contributed by atoms with E-state index in [2.05, 4.69) is 118 Å². The monoisotopic (exact) mass is 422 g/mol. The zero-order chi connectivity index (χ0) is 21.5. The maximum atomic E-state index is 2.51. The molecule has 2 aliphatic rings. The third-order valence-electron chi connectivity index (χ3n) is 7.52. The van der Waals surface area contributed by atoms with Gasteiger partial charge in [-0.15, -0.1) is 0 Å². The molecule has 1 fully saturated rings. The predicted molar refractivity (Wildman–Crippen MR) is 137 cm³/mol. The van der Waals surface area contributed by atoms with Gasteiger partial charge in [-0.05, 0) is 54.7 Å². The van der Waals surface area contributed by atoms with E-state index in [9.17, 15) is 0 Å². The highest BCUT2D eigenvalue weighted by atomic mass is 15.0. The molecule has 2 atom stereocenters. The molecule has 2 aliphatic carbocycles. The Hall–Kier alpha value is -4.04. The quantitative estimate of drug-likeness (QED) is 0.327. The van der Waals surface area contributed by atoms with Crippen LogP contribution in [0.2, 0.25) is 0 Å². The minimum Gasteiger partial charge on any atom is -0.309 e. The van der Waals surface area contributed by atoms with Gasteiger partial charge in [0.15, 0.2) is 0 Å². The van der Waals surface area contributed by atoms with Crippen LogP contribution in [0.25, 0.3) is 56.2 Å². The average molecular weight is 423 g/mol. The molecule has 2 nitrogen and oxygen atoms in total. The number of benzene rings is 4. The van der Waals surface area contributed by atoms with Crippen LogP contribution in [-0.4, -0.2) is 9.13 Å². The summed E-state index contributed by atoms with van der Waals surface area (Å²) < 4.78 is 4.87. The Labute approximate surface area is 191 Å². The van der Waals surface area contributed by atoms with Gasteiger partial charge in [0.25, 0.3) is 0 Å². The second-order valence-electron chi connectivity index (χ2n) is 9.44. The molecule has 0 spiro atoms. The Morgan fingerprint density at radius 1 is 0.515 bits per heavy atom. The molecule has 0 N–H and O–H groups in total. The summed E-state index contributed by atoms with van der Waals surface area (Å²) in [5.41, 5.74) is 6.19. The number of hydrogen-bond donors (Lipinski definition) is 0. The molecule has 2 heteroatoms. The summed E-state index contributed by atoms with van der Waals surface area (Å²) in [4.78, 5) is 0. The molecule has 2 unspecified atom stereocenters. The second-order valence-corrected chi connectivity index (χ2v) is 9.44. The van der Waals surface area contributed by atoms with Gasteiger partial charge >= 0.3 is 0 Å². The fraction of sp³-hybridized carbons (Fsp3) is 0.0968. The largest absolute Gasteiger partial charge is 0.309 e. The zero-order valence-electron chi connectivity index (χ0n) is 18.1. The molecule has 0 radical (unpaired) electrons. The lowest BCUT2D eigenvalue weighted by molar-refractivity contribution is 0.998. The van der Waals surface area contributed by atoms with Crippen LogP contribution < -0.4 is 10.6 Å². The highest BCUT2D eigenvalue weighted by Crippen LogP contribution is 2.42. The minimum atomic E-state index is 0.709. The summed E-state index contributed by atoms with van der Waals surface area (Å²) in [5, 5.41) is 6.72. The number of rotatable bonds is 2. The summed E-state index contributed by atoms with van der Waals surface area (Å²) in [7, 11) is 0. The molecule has 2 heterocycles. The lowest BCUT2D eigenvalue weighted by Crippen LogP contribution is -2.30. The third kappa shape index (κ3) is 2.38. The van der Waals surface area contributed by atoms with Crippen molar-refractivity contribution in [3.8, 4) is 11.4 Å². The zero-order valence-corrected chi connectivity index (χ0v) is 18.1. The molecule has 33 heavy (non-hydrogen) atoms. The lowest BCUT2D eigenvalue weighted by Gasteiger charge is -2.12. The van der Waals surface area contributed by atoms with Crippen molar-refractivity contribution in [1.29, 1.82) is 0 Å². The molecule has 0 amide bonds. The Balaban J connectivity index is 1.44. The molecule has 0 saturated heterocycles. The van der Waals surface area contributed by atoms with E-state index in [0.717, 1.165) is 5.92 Å². The van der Waals surface area contributed by atoms with Crippen LogP contribution in [0.1, 0.15) is 6.42 Å².